The van der Waals surface area contributed by atoms with E-state index in [-0.39, 0.29) is 22.4 Å². The number of sulfone groups is 1. The van der Waals surface area contributed by atoms with E-state index < -0.39 is 19.9 Å². The predicted molar refractivity (Wildman–Crippen MR) is 78.0 cm³/mol. The number of nitrogens with zero attached hydrogens (tertiary/aromatic N) is 1. The van der Waals surface area contributed by atoms with Crippen molar-refractivity contribution in [1.29, 1.82) is 0 Å². The summed E-state index contributed by atoms with van der Waals surface area (Å²) in [6.45, 7) is 0. The molecule has 0 spiro atoms. The Balaban J connectivity index is 2.30. The van der Waals surface area contributed by atoms with Crippen LogP contribution in [0.15, 0.2) is 29.2 Å². The molecule has 1 fully saturated rings. The molecule has 0 amide bonds. The monoisotopic (exact) mass is 318 g/mol. The molecule has 1 aromatic rings. The van der Waals surface area contributed by atoms with Crippen molar-refractivity contribution in [1.82, 2.24) is 4.31 Å². The highest BCUT2D eigenvalue weighted by Gasteiger charge is 2.29. The highest BCUT2D eigenvalue weighted by atomic mass is 32.2. The summed E-state index contributed by atoms with van der Waals surface area (Å²) >= 11 is 0. The van der Waals surface area contributed by atoms with Gasteiger partial charge in [-0.05, 0) is 18.6 Å². The molecule has 0 aromatic heterocycles. The van der Waals surface area contributed by atoms with Gasteiger partial charge in [0.25, 0.3) is 0 Å². The second-order valence-electron chi connectivity index (χ2n) is 5.03. The standard InChI is InChI=1S/C12H18N2O4S2/c1-14(2)20(17,18)12-6-4-3-5-11(12)13-10-7-8-19(15,16)9-10/h3-6,10,13H,7-9H2,1-2H3. The first-order valence-electron chi connectivity index (χ1n) is 6.21. The topological polar surface area (TPSA) is 83.6 Å². The molecular weight excluding hydrogens is 300 g/mol. The maximum atomic E-state index is 12.2. The van der Waals surface area contributed by atoms with Gasteiger partial charge in [0.05, 0.1) is 17.2 Å². The number of sulfonamides is 1. The maximum Gasteiger partial charge on any atom is 0.244 e. The van der Waals surface area contributed by atoms with Crippen molar-refractivity contribution >= 4 is 25.5 Å². The fourth-order valence-corrected chi connectivity index (χ4v) is 4.86. The molecule has 20 heavy (non-hydrogen) atoms. The highest BCUT2D eigenvalue weighted by molar-refractivity contribution is 7.91. The Labute approximate surface area is 119 Å². The molecule has 1 atom stereocenters. The Morgan fingerprint density at radius 3 is 2.45 bits per heavy atom. The van der Waals surface area contributed by atoms with E-state index in [9.17, 15) is 16.8 Å². The fourth-order valence-electron chi connectivity index (χ4n) is 2.14. The summed E-state index contributed by atoms with van der Waals surface area (Å²) < 4.78 is 48.5. The molecule has 1 saturated heterocycles. The number of para-hydroxylation sites is 1. The van der Waals surface area contributed by atoms with E-state index in [1.165, 1.54) is 20.2 Å². The number of anilines is 1. The van der Waals surface area contributed by atoms with Gasteiger partial charge in [0.15, 0.2) is 9.84 Å². The predicted octanol–water partition coefficient (Wildman–Crippen LogP) is 0.536. The number of nitrogens with one attached hydrogen (secondary N) is 1. The number of hydrogen-bond donors (Lipinski definition) is 1. The van der Waals surface area contributed by atoms with Crippen molar-refractivity contribution in [3.8, 4) is 0 Å². The summed E-state index contributed by atoms with van der Waals surface area (Å²) in [4.78, 5) is 0.161. The van der Waals surface area contributed by atoms with Crippen LogP contribution in [0.1, 0.15) is 6.42 Å². The molecule has 2 rings (SSSR count). The van der Waals surface area contributed by atoms with Crippen molar-refractivity contribution in [2.24, 2.45) is 0 Å². The van der Waals surface area contributed by atoms with Crippen LogP contribution in [0.2, 0.25) is 0 Å². The average Bonchev–Trinajstić information content (AvgIpc) is 2.69. The molecule has 0 bridgehead atoms. The summed E-state index contributed by atoms with van der Waals surface area (Å²) in [6, 6.07) is 6.30. The van der Waals surface area contributed by atoms with Crippen LogP contribution in [0.3, 0.4) is 0 Å². The quantitative estimate of drug-likeness (QED) is 0.876. The summed E-state index contributed by atoms with van der Waals surface area (Å²) in [5.41, 5.74) is 0.448. The van der Waals surface area contributed by atoms with E-state index in [1.807, 2.05) is 0 Å². The summed E-state index contributed by atoms with van der Waals surface area (Å²) in [7, 11) is -3.63. The van der Waals surface area contributed by atoms with Crippen LogP contribution in [-0.2, 0) is 19.9 Å². The first kappa shape index (κ1) is 15.3. The molecule has 6 nitrogen and oxygen atoms in total. The Bertz CT molecular complexity index is 696. The van der Waals surface area contributed by atoms with Gasteiger partial charge in [-0.2, -0.15) is 0 Å². The Morgan fingerprint density at radius 1 is 1.25 bits per heavy atom. The zero-order chi connectivity index (χ0) is 15.0. The first-order chi connectivity index (χ1) is 9.22. The molecule has 1 aliphatic heterocycles. The Hall–Kier alpha value is -1.12. The van der Waals surface area contributed by atoms with Crippen LogP contribution in [0, 0.1) is 0 Å². The molecule has 8 heteroatoms. The van der Waals surface area contributed by atoms with Gasteiger partial charge in [-0.15, -0.1) is 0 Å². The van der Waals surface area contributed by atoms with Gasteiger partial charge in [-0.1, -0.05) is 12.1 Å². The average molecular weight is 318 g/mol. The lowest BCUT2D eigenvalue weighted by molar-refractivity contribution is 0.521. The molecule has 0 aliphatic carbocycles. The molecule has 1 heterocycles. The van der Waals surface area contributed by atoms with Crippen LogP contribution >= 0.6 is 0 Å². The van der Waals surface area contributed by atoms with E-state index in [0.717, 1.165) is 4.31 Å². The Kier molecular flexibility index (Phi) is 4.08. The summed E-state index contributed by atoms with van der Waals surface area (Å²) in [5, 5.41) is 3.04. The van der Waals surface area contributed by atoms with Crippen LogP contribution in [-0.4, -0.2) is 52.8 Å². The van der Waals surface area contributed by atoms with E-state index in [2.05, 4.69) is 5.32 Å². The zero-order valence-electron chi connectivity index (χ0n) is 11.4. The van der Waals surface area contributed by atoms with Gasteiger partial charge in [-0.3, -0.25) is 0 Å². The summed E-state index contributed by atoms with van der Waals surface area (Å²) in [6.07, 6.45) is 0.499. The third-order valence-electron chi connectivity index (χ3n) is 3.24. The lowest BCUT2D eigenvalue weighted by Crippen LogP contribution is -2.26. The third kappa shape index (κ3) is 3.13. The zero-order valence-corrected chi connectivity index (χ0v) is 13.0. The third-order valence-corrected chi connectivity index (χ3v) is 6.88. The van der Waals surface area contributed by atoms with Crippen molar-refractivity contribution in [3.63, 3.8) is 0 Å². The molecule has 1 aliphatic rings. The minimum absolute atomic E-state index is 0.0450. The van der Waals surface area contributed by atoms with Crippen molar-refractivity contribution in [2.45, 2.75) is 17.4 Å². The smallest absolute Gasteiger partial charge is 0.244 e. The molecule has 1 N–H and O–H groups in total. The molecule has 0 saturated carbocycles. The lowest BCUT2D eigenvalue weighted by atomic mass is 10.2. The van der Waals surface area contributed by atoms with Crippen LogP contribution < -0.4 is 5.32 Å². The molecule has 1 unspecified atom stereocenters. The van der Waals surface area contributed by atoms with E-state index in [1.54, 1.807) is 18.2 Å². The van der Waals surface area contributed by atoms with E-state index in [0.29, 0.717) is 12.1 Å². The van der Waals surface area contributed by atoms with Gasteiger partial charge in [0, 0.05) is 20.1 Å². The van der Waals surface area contributed by atoms with Crippen molar-refractivity contribution in [2.75, 3.05) is 30.9 Å². The normalized spacial score (nSPS) is 22.1. The fraction of sp³-hybridized carbons (Fsp3) is 0.500. The molecule has 0 radical (unpaired) electrons. The van der Waals surface area contributed by atoms with Crippen LogP contribution in [0.4, 0.5) is 5.69 Å². The Morgan fingerprint density at radius 2 is 1.90 bits per heavy atom. The second kappa shape index (κ2) is 5.34. The van der Waals surface area contributed by atoms with Gasteiger partial charge >= 0.3 is 0 Å². The minimum atomic E-state index is -3.56. The van der Waals surface area contributed by atoms with Gasteiger partial charge in [0.1, 0.15) is 4.90 Å². The van der Waals surface area contributed by atoms with Gasteiger partial charge < -0.3 is 5.32 Å². The number of benzene rings is 1. The van der Waals surface area contributed by atoms with Crippen LogP contribution in [0.25, 0.3) is 0 Å². The van der Waals surface area contributed by atoms with E-state index >= 15 is 0 Å². The number of rotatable bonds is 4. The molecule has 1 aromatic carbocycles. The largest absolute Gasteiger partial charge is 0.380 e. The van der Waals surface area contributed by atoms with Crippen molar-refractivity contribution in [3.05, 3.63) is 24.3 Å². The minimum Gasteiger partial charge on any atom is -0.380 e. The molecular formula is C12H18N2O4S2. The maximum absolute atomic E-state index is 12.2. The summed E-state index contributed by atoms with van der Waals surface area (Å²) in [5.74, 6) is 0.191. The van der Waals surface area contributed by atoms with Gasteiger partial charge in [0.2, 0.25) is 10.0 Å². The lowest BCUT2D eigenvalue weighted by Gasteiger charge is -2.18. The second-order valence-corrected chi connectivity index (χ2v) is 9.38. The SMILES string of the molecule is CN(C)S(=O)(=O)c1ccccc1NC1CCS(=O)(=O)C1. The van der Waals surface area contributed by atoms with Crippen molar-refractivity contribution < 1.29 is 16.8 Å². The van der Waals surface area contributed by atoms with Crippen LogP contribution in [0.5, 0.6) is 0 Å². The van der Waals surface area contributed by atoms with Gasteiger partial charge in [-0.25, -0.2) is 21.1 Å². The first-order valence-corrected chi connectivity index (χ1v) is 9.47. The molecule has 112 valence electrons. The number of hydrogen-bond acceptors (Lipinski definition) is 5. The highest BCUT2D eigenvalue weighted by Crippen LogP contribution is 2.25. The van der Waals surface area contributed by atoms with E-state index in [4.69, 9.17) is 0 Å².